The summed E-state index contributed by atoms with van der Waals surface area (Å²) in [6.45, 7) is 7.50. The first-order valence-corrected chi connectivity index (χ1v) is 8.02. The van der Waals surface area contributed by atoms with E-state index >= 15 is 0 Å². The van der Waals surface area contributed by atoms with E-state index < -0.39 is 0 Å². The second kappa shape index (κ2) is 6.73. The number of ether oxygens (including phenoxy) is 2. The van der Waals surface area contributed by atoms with Gasteiger partial charge in [-0.1, -0.05) is 26.0 Å². The summed E-state index contributed by atoms with van der Waals surface area (Å²) in [4.78, 5) is 7.98. The Balaban J connectivity index is 1.94. The lowest BCUT2D eigenvalue weighted by atomic mass is 10.2. The molecular weight excluding hydrogens is 288 g/mol. The molecular formula is C19H22N2O2. The minimum atomic E-state index is 0.472. The largest absolute Gasteiger partial charge is 0.490 e. The van der Waals surface area contributed by atoms with Crippen molar-refractivity contribution >= 4 is 11.0 Å². The zero-order valence-corrected chi connectivity index (χ0v) is 13.8. The molecule has 0 aliphatic carbocycles. The van der Waals surface area contributed by atoms with Crippen LogP contribution in [0.5, 0.6) is 11.5 Å². The summed E-state index contributed by atoms with van der Waals surface area (Å²) < 4.78 is 11.6. The fourth-order valence-electron chi connectivity index (χ4n) is 2.39. The summed E-state index contributed by atoms with van der Waals surface area (Å²) in [5.41, 5.74) is 2.97. The Labute approximate surface area is 136 Å². The Kier molecular flexibility index (Phi) is 4.51. The van der Waals surface area contributed by atoms with Crippen LogP contribution in [-0.2, 0) is 0 Å². The van der Waals surface area contributed by atoms with Crippen LogP contribution in [0, 0.1) is 5.92 Å². The number of nitrogens with one attached hydrogen (secondary N) is 1. The van der Waals surface area contributed by atoms with Gasteiger partial charge in [-0.05, 0) is 43.2 Å². The molecule has 23 heavy (non-hydrogen) atoms. The van der Waals surface area contributed by atoms with Crippen molar-refractivity contribution in [3.63, 3.8) is 0 Å². The molecule has 0 aliphatic rings. The van der Waals surface area contributed by atoms with E-state index in [2.05, 4.69) is 23.8 Å². The van der Waals surface area contributed by atoms with Gasteiger partial charge in [-0.25, -0.2) is 4.98 Å². The van der Waals surface area contributed by atoms with Gasteiger partial charge >= 0.3 is 0 Å². The van der Waals surface area contributed by atoms with E-state index in [-0.39, 0.29) is 0 Å². The molecule has 0 bridgehead atoms. The average molecular weight is 310 g/mol. The maximum atomic E-state index is 5.85. The Bertz CT molecular complexity index is 760. The molecule has 0 spiro atoms. The first-order valence-electron chi connectivity index (χ1n) is 8.02. The van der Waals surface area contributed by atoms with Crippen LogP contribution in [0.3, 0.4) is 0 Å². The highest BCUT2D eigenvalue weighted by molar-refractivity contribution is 5.79. The van der Waals surface area contributed by atoms with Gasteiger partial charge in [0.05, 0.1) is 24.2 Å². The number of fused-ring (bicyclic) bond motifs is 1. The highest BCUT2D eigenvalue weighted by atomic mass is 16.5. The fourth-order valence-corrected chi connectivity index (χ4v) is 2.39. The number of aromatic amines is 1. The molecule has 0 aliphatic heterocycles. The molecule has 2 aromatic carbocycles. The van der Waals surface area contributed by atoms with Crippen molar-refractivity contribution in [2.75, 3.05) is 13.2 Å². The molecule has 1 aromatic heterocycles. The number of H-pyrrole nitrogens is 1. The third-order valence-electron chi connectivity index (χ3n) is 3.48. The van der Waals surface area contributed by atoms with Gasteiger partial charge in [0.1, 0.15) is 5.82 Å². The lowest BCUT2D eigenvalue weighted by Crippen LogP contribution is -2.06. The molecule has 0 fully saturated rings. The molecule has 3 rings (SSSR count). The van der Waals surface area contributed by atoms with Crippen molar-refractivity contribution in [2.45, 2.75) is 20.8 Å². The first kappa shape index (κ1) is 15.4. The van der Waals surface area contributed by atoms with Crippen molar-refractivity contribution in [2.24, 2.45) is 5.92 Å². The van der Waals surface area contributed by atoms with Crippen LogP contribution < -0.4 is 9.47 Å². The minimum Gasteiger partial charge on any atom is -0.490 e. The summed E-state index contributed by atoms with van der Waals surface area (Å²) in [5.74, 6) is 2.84. The highest BCUT2D eigenvalue weighted by Crippen LogP contribution is 2.32. The molecule has 1 N–H and O–H groups in total. The number of benzene rings is 2. The average Bonchev–Trinajstić information content (AvgIpc) is 2.98. The number of hydrogen-bond donors (Lipinski definition) is 1. The van der Waals surface area contributed by atoms with Crippen molar-refractivity contribution in [3.05, 3.63) is 42.5 Å². The fraction of sp³-hybridized carbons (Fsp3) is 0.316. The summed E-state index contributed by atoms with van der Waals surface area (Å²) in [6, 6.07) is 14.0. The molecule has 0 unspecified atom stereocenters. The summed E-state index contributed by atoms with van der Waals surface area (Å²) in [5, 5.41) is 0. The van der Waals surface area contributed by atoms with Crippen molar-refractivity contribution in [3.8, 4) is 22.9 Å². The van der Waals surface area contributed by atoms with Gasteiger partial charge in [-0.15, -0.1) is 0 Å². The Morgan fingerprint density at radius 3 is 2.61 bits per heavy atom. The molecule has 4 nitrogen and oxygen atoms in total. The predicted octanol–water partition coefficient (Wildman–Crippen LogP) is 4.66. The number of para-hydroxylation sites is 2. The third-order valence-corrected chi connectivity index (χ3v) is 3.48. The summed E-state index contributed by atoms with van der Waals surface area (Å²) in [7, 11) is 0. The molecule has 0 amide bonds. The van der Waals surface area contributed by atoms with Crippen LogP contribution in [0.2, 0.25) is 0 Å². The zero-order valence-electron chi connectivity index (χ0n) is 13.8. The molecule has 3 aromatic rings. The van der Waals surface area contributed by atoms with Crippen molar-refractivity contribution in [1.29, 1.82) is 0 Å². The number of aromatic nitrogens is 2. The van der Waals surface area contributed by atoms with Gasteiger partial charge < -0.3 is 14.5 Å². The maximum absolute atomic E-state index is 5.85. The Hall–Kier alpha value is -2.49. The molecule has 1 heterocycles. The van der Waals surface area contributed by atoms with Crippen LogP contribution in [0.1, 0.15) is 20.8 Å². The quantitative estimate of drug-likeness (QED) is 0.720. The normalized spacial score (nSPS) is 11.1. The van der Waals surface area contributed by atoms with E-state index in [1.54, 1.807) is 0 Å². The van der Waals surface area contributed by atoms with Gasteiger partial charge in [0.15, 0.2) is 11.5 Å². The SMILES string of the molecule is CCOc1cc(-c2nc3ccccc3[nH]2)ccc1OCC(C)C. The first-order chi connectivity index (χ1) is 11.2. The van der Waals surface area contributed by atoms with Gasteiger partial charge in [-0.3, -0.25) is 0 Å². The minimum absolute atomic E-state index is 0.472. The summed E-state index contributed by atoms with van der Waals surface area (Å²) in [6.07, 6.45) is 0. The lowest BCUT2D eigenvalue weighted by Gasteiger charge is -2.14. The highest BCUT2D eigenvalue weighted by Gasteiger charge is 2.11. The number of rotatable bonds is 6. The van der Waals surface area contributed by atoms with Crippen LogP contribution in [0.15, 0.2) is 42.5 Å². The topological polar surface area (TPSA) is 47.1 Å². The zero-order chi connectivity index (χ0) is 16.2. The van der Waals surface area contributed by atoms with E-state index in [4.69, 9.17) is 9.47 Å². The smallest absolute Gasteiger partial charge is 0.161 e. The molecule has 0 radical (unpaired) electrons. The predicted molar refractivity (Wildman–Crippen MR) is 93.0 cm³/mol. The lowest BCUT2D eigenvalue weighted by molar-refractivity contribution is 0.248. The monoisotopic (exact) mass is 310 g/mol. The Morgan fingerprint density at radius 1 is 1.04 bits per heavy atom. The van der Waals surface area contributed by atoms with Gasteiger partial charge in [0.2, 0.25) is 0 Å². The molecule has 120 valence electrons. The van der Waals surface area contributed by atoms with Gasteiger partial charge in [0.25, 0.3) is 0 Å². The third kappa shape index (κ3) is 3.47. The molecule has 4 heteroatoms. The van der Waals surface area contributed by atoms with Gasteiger partial charge in [-0.2, -0.15) is 0 Å². The molecule has 0 saturated carbocycles. The van der Waals surface area contributed by atoms with Gasteiger partial charge in [0, 0.05) is 5.56 Å². The standard InChI is InChI=1S/C19H22N2O2/c1-4-22-18-11-14(9-10-17(18)23-12-13(2)3)19-20-15-7-5-6-8-16(15)21-19/h5-11,13H,4,12H2,1-3H3,(H,20,21). The molecule has 0 saturated heterocycles. The second-order valence-electron chi connectivity index (χ2n) is 5.90. The van der Waals surface area contributed by atoms with E-state index in [1.165, 1.54) is 0 Å². The number of nitrogens with zero attached hydrogens (tertiary/aromatic N) is 1. The number of hydrogen-bond acceptors (Lipinski definition) is 3. The Morgan fingerprint density at radius 2 is 1.87 bits per heavy atom. The maximum Gasteiger partial charge on any atom is 0.161 e. The van der Waals surface area contributed by atoms with Crippen molar-refractivity contribution < 1.29 is 9.47 Å². The molecule has 0 atom stereocenters. The van der Waals surface area contributed by atoms with E-state index in [0.717, 1.165) is 33.9 Å². The van der Waals surface area contributed by atoms with E-state index in [9.17, 15) is 0 Å². The van der Waals surface area contributed by atoms with Crippen molar-refractivity contribution in [1.82, 2.24) is 9.97 Å². The van der Waals surface area contributed by atoms with Crippen LogP contribution >= 0.6 is 0 Å². The van der Waals surface area contributed by atoms with Crippen LogP contribution in [-0.4, -0.2) is 23.2 Å². The van der Waals surface area contributed by atoms with Crippen LogP contribution in [0.4, 0.5) is 0 Å². The van der Waals surface area contributed by atoms with Crippen LogP contribution in [0.25, 0.3) is 22.4 Å². The summed E-state index contributed by atoms with van der Waals surface area (Å²) >= 11 is 0. The number of imidazole rings is 1. The van der Waals surface area contributed by atoms with E-state index in [0.29, 0.717) is 19.1 Å². The second-order valence-corrected chi connectivity index (χ2v) is 5.90. The van der Waals surface area contributed by atoms with E-state index in [1.807, 2.05) is 49.4 Å².